The largest absolute Gasteiger partial charge is 0.342 e. The average molecular weight is 319 g/mol. The zero-order chi connectivity index (χ0) is 16.7. The molecule has 0 spiro atoms. The van der Waals surface area contributed by atoms with Crippen molar-refractivity contribution < 1.29 is 4.79 Å². The van der Waals surface area contributed by atoms with Crippen molar-refractivity contribution in [3.8, 4) is 11.8 Å². The molecule has 4 heteroatoms. The standard InChI is InChI=1S/C19H33N3O/c1-4-5-6-9-20-12-14-21(15-13-20)16-18-7-10-22(11-8-18)19(23)17(2)3/h17-18H,4,7-16H2,1-3H3. The minimum absolute atomic E-state index is 0.135. The summed E-state index contributed by atoms with van der Waals surface area (Å²) in [5.41, 5.74) is 0. The van der Waals surface area contributed by atoms with Gasteiger partial charge in [0.25, 0.3) is 0 Å². The van der Waals surface area contributed by atoms with E-state index in [1.54, 1.807) is 0 Å². The van der Waals surface area contributed by atoms with Crippen molar-refractivity contribution in [2.24, 2.45) is 11.8 Å². The van der Waals surface area contributed by atoms with Crippen LogP contribution < -0.4 is 0 Å². The summed E-state index contributed by atoms with van der Waals surface area (Å²) in [6.07, 6.45) is 3.29. The van der Waals surface area contributed by atoms with Gasteiger partial charge in [-0.2, -0.15) is 0 Å². The van der Waals surface area contributed by atoms with Crippen LogP contribution in [0, 0.1) is 23.7 Å². The van der Waals surface area contributed by atoms with Crippen LogP contribution in [0.25, 0.3) is 0 Å². The van der Waals surface area contributed by atoms with Gasteiger partial charge in [-0.3, -0.25) is 9.69 Å². The Bertz CT molecular complexity index is 422. The third kappa shape index (κ3) is 5.82. The number of piperidine rings is 1. The lowest BCUT2D eigenvalue weighted by Gasteiger charge is -2.38. The summed E-state index contributed by atoms with van der Waals surface area (Å²) in [7, 11) is 0. The Labute approximate surface area is 142 Å². The van der Waals surface area contributed by atoms with Gasteiger partial charge < -0.3 is 9.80 Å². The maximum atomic E-state index is 12.0. The first-order valence-corrected chi connectivity index (χ1v) is 9.29. The first kappa shape index (κ1) is 18.3. The van der Waals surface area contributed by atoms with E-state index in [2.05, 4.69) is 33.5 Å². The van der Waals surface area contributed by atoms with E-state index in [1.165, 1.54) is 32.5 Å². The number of rotatable bonds is 4. The highest BCUT2D eigenvalue weighted by atomic mass is 16.2. The zero-order valence-corrected chi connectivity index (χ0v) is 15.2. The molecule has 0 aromatic rings. The number of hydrogen-bond acceptors (Lipinski definition) is 3. The summed E-state index contributed by atoms with van der Waals surface area (Å²) >= 11 is 0. The highest BCUT2D eigenvalue weighted by molar-refractivity contribution is 5.78. The molecule has 130 valence electrons. The predicted octanol–water partition coefficient (Wildman–Crippen LogP) is 1.91. The molecule has 0 aromatic heterocycles. The first-order valence-electron chi connectivity index (χ1n) is 9.29. The van der Waals surface area contributed by atoms with Crippen LogP contribution in [0.1, 0.15) is 40.0 Å². The molecule has 2 aliphatic rings. The fourth-order valence-electron chi connectivity index (χ4n) is 3.49. The lowest BCUT2D eigenvalue weighted by Crippen LogP contribution is -2.49. The van der Waals surface area contributed by atoms with Gasteiger partial charge in [-0.25, -0.2) is 0 Å². The van der Waals surface area contributed by atoms with E-state index >= 15 is 0 Å². The summed E-state index contributed by atoms with van der Waals surface area (Å²) in [6, 6.07) is 0. The van der Waals surface area contributed by atoms with Crippen LogP contribution in [0.2, 0.25) is 0 Å². The van der Waals surface area contributed by atoms with Crippen LogP contribution in [-0.4, -0.2) is 73.0 Å². The van der Waals surface area contributed by atoms with Crippen LogP contribution >= 0.6 is 0 Å². The molecule has 0 bridgehead atoms. The minimum Gasteiger partial charge on any atom is -0.342 e. The van der Waals surface area contributed by atoms with Crippen molar-refractivity contribution in [3.63, 3.8) is 0 Å². The van der Waals surface area contributed by atoms with E-state index in [1.807, 2.05) is 13.8 Å². The smallest absolute Gasteiger partial charge is 0.225 e. The SMILES string of the molecule is CCC#CCN1CCN(CC2CCN(C(=O)C(C)C)CC2)CC1. The Kier molecular flexibility index (Phi) is 7.39. The highest BCUT2D eigenvalue weighted by Gasteiger charge is 2.26. The van der Waals surface area contributed by atoms with Gasteiger partial charge in [0.1, 0.15) is 0 Å². The molecule has 0 atom stereocenters. The van der Waals surface area contributed by atoms with Crippen LogP contribution in [0.5, 0.6) is 0 Å². The van der Waals surface area contributed by atoms with Crippen molar-refractivity contribution in [1.29, 1.82) is 0 Å². The quantitative estimate of drug-likeness (QED) is 0.741. The van der Waals surface area contributed by atoms with Gasteiger partial charge in [-0.05, 0) is 18.8 Å². The maximum absolute atomic E-state index is 12.0. The van der Waals surface area contributed by atoms with Gasteiger partial charge in [0.15, 0.2) is 0 Å². The normalized spacial score (nSPS) is 21.3. The van der Waals surface area contributed by atoms with Crippen molar-refractivity contribution in [3.05, 3.63) is 0 Å². The van der Waals surface area contributed by atoms with Gasteiger partial charge in [-0.1, -0.05) is 26.7 Å². The van der Waals surface area contributed by atoms with Crippen molar-refractivity contribution in [2.75, 3.05) is 52.4 Å². The van der Waals surface area contributed by atoms with E-state index in [4.69, 9.17) is 0 Å². The first-order chi connectivity index (χ1) is 11.1. The van der Waals surface area contributed by atoms with Crippen LogP contribution in [0.3, 0.4) is 0 Å². The minimum atomic E-state index is 0.135. The number of hydrogen-bond donors (Lipinski definition) is 0. The zero-order valence-electron chi connectivity index (χ0n) is 15.2. The molecule has 0 aromatic carbocycles. The van der Waals surface area contributed by atoms with Crippen LogP contribution in [0.15, 0.2) is 0 Å². The number of carbonyl (C=O) groups is 1. The molecule has 0 N–H and O–H groups in total. The van der Waals surface area contributed by atoms with Gasteiger partial charge in [0.2, 0.25) is 5.91 Å². The molecular weight excluding hydrogens is 286 g/mol. The Morgan fingerprint density at radius 1 is 1.00 bits per heavy atom. The number of likely N-dealkylation sites (tertiary alicyclic amines) is 1. The molecule has 2 aliphatic heterocycles. The third-order valence-electron chi connectivity index (χ3n) is 5.01. The molecule has 2 heterocycles. The summed E-state index contributed by atoms with van der Waals surface area (Å²) in [5.74, 6) is 7.62. The van der Waals surface area contributed by atoms with E-state index in [0.717, 1.165) is 45.1 Å². The van der Waals surface area contributed by atoms with Gasteiger partial charge in [-0.15, -0.1) is 5.92 Å². The lowest BCUT2D eigenvalue weighted by molar-refractivity contribution is -0.135. The molecule has 2 rings (SSSR count). The highest BCUT2D eigenvalue weighted by Crippen LogP contribution is 2.20. The van der Waals surface area contributed by atoms with Crippen molar-refractivity contribution in [2.45, 2.75) is 40.0 Å². The van der Waals surface area contributed by atoms with Crippen LogP contribution in [0.4, 0.5) is 0 Å². The summed E-state index contributed by atoms with van der Waals surface area (Å²) in [5, 5.41) is 0. The molecule has 2 saturated heterocycles. The second-order valence-corrected chi connectivity index (χ2v) is 7.21. The topological polar surface area (TPSA) is 26.8 Å². The maximum Gasteiger partial charge on any atom is 0.225 e. The monoisotopic (exact) mass is 319 g/mol. The Balaban J connectivity index is 1.65. The van der Waals surface area contributed by atoms with Gasteiger partial charge in [0, 0.05) is 58.2 Å². The fourth-order valence-corrected chi connectivity index (χ4v) is 3.49. The molecule has 0 radical (unpaired) electrons. The van der Waals surface area contributed by atoms with E-state index in [0.29, 0.717) is 5.91 Å². The Hall–Kier alpha value is -1.05. The molecule has 1 amide bonds. The van der Waals surface area contributed by atoms with Crippen molar-refractivity contribution >= 4 is 5.91 Å². The molecule has 0 aliphatic carbocycles. The summed E-state index contributed by atoms with van der Waals surface area (Å²) in [4.78, 5) is 19.2. The van der Waals surface area contributed by atoms with Gasteiger partial charge >= 0.3 is 0 Å². The second kappa shape index (κ2) is 9.30. The number of carbonyl (C=O) groups excluding carboxylic acids is 1. The third-order valence-corrected chi connectivity index (χ3v) is 5.01. The predicted molar refractivity (Wildman–Crippen MR) is 95.1 cm³/mol. The molecule has 4 nitrogen and oxygen atoms in total. The van der Waals surface area contributed by atoms with E-state index < -0.39 is 0 Å². The molecule has 2 fully saturated rings. The second-order valence-electron chi connectivity index (χ2n) is 7.21. The Morgan fingerprint density at radius 3 is 2.17 bits per heavy atom. The van der Waals surface area contributed by atoms with Gasteiger partial charge in [0.05, 0.1) is 6.54 Å². The molecule has 0 unspecified atom stereocenters. The fraction of sp³-hybridized carbons (Fsp3) is 0.842. The average Bonchev–Trinajstić information content (AvgIpc) is 2.56. The number of amides is 1. The number of piperazine rings is 1. The summed E-state index contributed by atoms with van der Waals surface area (Å²) < 4.78 is 0. The molecule has 0 saturated carbocycles. The lowest BCUT2D eigenvalue weighted by atomic mass is 9.95. The molecule has 23 heavy (non-hydrogen) atoms. The Morgan fingerprint density at radius 2 is 1.61 bits per heavy atom. The molecular formula is C19H33N3O. The van der Waals surface area contributed by atoms with Crippen LogP contribution in [-0.2, 0) is 4.79 Å². The summed E-state index contributed by atoms with van der Waals surface area (Å²) in [6.45, 7) is 14.8. The van der Waals surface area contributed by atoms with Crippen molar-refractivity contribution in [1.82, 2.24) is 14.7 Å². The number of nitrogens with zero attached hydrogens (tertiary/aromatic N) is 3. The van der Waals surface area contributed by atoms with E-state index in [-0.39, 0.29) is 5.92 Å². The van der Waals surface area contributed by atoms with E-state index in [9.17, 15) is 4.79 Å².